The van der Waals surface area contributed by atoms with Gasteiger partial charge in [0.25, 0.3) is 0 Å². The average molecular weight is 530 g/mol. The van der Waals surface area contributed by atoms with Crippen LogP contribution in [-0.2, 0) is 14.8 Å². The first-order valence-electron chi connectivity index (χ1n) is 11.3. The third-order valence-electron chi connectivity index (χ3n) is 6.05. The van der Waals surface area contributed by atoms with E-state index in [4.69, 9.17) is 11.6 Å². The molecule has 1 amide bonds. The Balaban J connectivity index is 1.27. The number of aryl methyl sites for hydroxylation is 1. The van der Waals surface area contributed by atoms with Crippen molar-refractivity contribution < 1.29 is 13.2 Å². The van der Waals surface area contributed by atoms with Gasteiger partial charge in [-0.1, -0.05) is 29.8 Å². The fraction of sp³-hybridized carbons (Fsp3) is 0.292. The maximum atomic E-state index is 12.8. The lowest BCUT2D eigenvalue weighted by molar-refractivity contribution is -0.113. The topological polar surface area (TPSA) is 96.7 Å². The molecule has 1 fully saturated rings. The number of nitrogens with zero attached hydrogens (tertiary/aromatic N) is 4. The van der Waals surface area contributed by atoms with E-state index in [1.807, 2.05) is 35.6 Å². The highest BCUT2D eigenvalue weighted by Gasteiger charge is 2.25. The fourth-order valence-electron chi connectivity index (χ4n) is 4.28. The second kappa shape index (κ2) is 9.77. The molecule has 35 heavy (non-hydrogen) atoms. The number of piperidine rings is 1. The first-order valence-corrected chi connectivity index (χ1v) is 14.1. The minimum absolute atomic E-state index is 0.123. The van der Waals surface area contributed by atoms with Crippen molar-refractivity contribution in [1.82, 2.24) is 18.9 Å². The molecule has 11 heteroatoms. The predicted octanol–water partition coefficient (Wildman–Crippen LogP) is 4.75. The molecule has 1 aliphatic rings. The largest absolute Gasteiger partial charge is 0.325 e. The molecular weight excluding hydrogens is 506 g/mol. The summed E-state index contributed by atoms with van der Waals surface area (Å²) in [6, 6.07) is 13.9. The molecule has 0 atom stereocenters. The van der Waals surface area contributed by atoms with Crippen LogP contribution in [0.1, 0.15) is 24.8 Å². The Morgan fingerprint density at radius 3 is 2.54 bits per heavy atom. The van der Waals surface area contributed by atoms with Crippen LogP contribution in [0.25, 0.3) is 16.6 Å². The third-order valence-corrected chi connectivity index (χ3v) is 9.13. The zero-order chi connectivity index (χ0) is 24.6. The summed E-state index contributed by atoms with van der Waals surface area (Å²) in [5.41, 5.74) is 3.20. The maximum absolute atomic E-state index is 12.8. The minimum Gasteiger partial charge on any atom is -0.325 e. The van der Waals surface area contributed by atoms with Crippen molar-refractivity contribution in [3.8, 4) is 0 Å². The van der Waals surface area contributed by atoms with Gasteiger partial charge in [-0.15, -0.1) is 10.2 Å². The lowest BCUT2D eigenvalue weighted by Crippen LogP contribution is -2.35. The summed E-state index contributed by atoms with van der Waals surface area (Å²) in [5.74, 6) is -0.102. The van der Waals surface area contributed by atoms with Gasteiger partial charge in [0, 0.05) is 29.2 Å². The van der Waals surface area contributed by atoms with E-state index in [2.05, 4.69) is 15.5 Å². The Labute approximate surface area is 212 Å². The van der Waals surface area contributed by atoms with Gasteiger partial charge >= 0.3 is 0 Å². The summed E-state index contributed by atoms with van der Waals surface area (Å²) in [5, 5.41) is 13.6. The van der Waals surface area contributed by atoms with Crippen molar-refractivity contribution in [3.05, 3.63) is 59.1 Å². The second-order valence-corrected chi connectivity index (χ2v) is 11.8. The highest BCUT2D eigenvalue weighted by atomic mass is 35.5. The van der Waals surface area contributed by atoms with Gasteiger partial charge in [0.2, 0.25) is 15.9 Å². The summed E-state index contributed by atoms with van der Waals surface area (Å²) in [6.45, 7) is 3.10. The monoisotopic (exact) mass is 529 g/mol. The van der Waals surface area contributed by atoms with E-state index in [9.17, 15) is 13.2 Å². The third kappa shape index (κ3) is 4.88. The number of pyridine rings is 1. The van der Waals surface area contributed by atoms with Crippen molar-refractivity contribution in [1.29, 1.82) is 0 Å². The highest BCUT2D eigenvalue weighted by molar-refractivity contribution is 7.99. The van der Waals surface area contributed by atoms with Crippen molar-refractivity contribution in [2.75, 3.05) is 24.2 Å². The number of sulfonamides is 1. The van der Waals surface area contributed by atoms with Crippen LogP contribution in [0.15, 0.2) is 58.6 Å². The van der Waals surface area contributed by atoms with E-state index >= 15 is 0 Å². The lowest BCUT2D eigenvalue weighted by atomic mass is 10.1. The van der Waals surface area contributed by atoms with Crippen molar-refractivity contribution >= 4 is 61.5 Å². The number of hydrogen-bond acceptors (Lipinski definition) is 6. The van der Waals surface area contributed by atoms with Crippen LogP contribution in [0, 0.1) is 6.92 Å². The van der Waals surface area contributed by atoms with E-state index in [-0.39, 0.29) is 16.6 Å². The minimum atomic E-state index is -3.50. The Bertz CT molecular complexity index is 1510. The Hall–Kier alpha value is -2.66. The van der Waals surface area contributed by atoms with E-state index in [1.165, 1.54) is 16.1 Å². The predicted molar refractivity (Wildman–Crippen MR) is 139 cm³/mol. The first kappa shape index (κ1) is 24.1. The number of thioether (sulfide) groups is 1. The number of nitrogens with one attached hydrogen (secondary N) is 1. The zero-order valence-electron chi connectivity index (χ0n) is 19.1. The molecule has 8 nitrogen and oxygen atoms in total. The van der Waals surface area contributed by atoms with E-state index in [0.29, 0.717) is 34.6 Å². The molecule has 4 aromatic rings. The Kier molecular flexibility index (Phi) is 6.71. The van der Waals surface area contributed by atoms with Gasteiger partial charge in [-0.25, -0.2) is 8.42 Å². The fourth-order valence-corrected chi connectivity index (χ4v) is 6.72. The van der Waals surface area contributed by atoms with Crippen molar-refractivity contribution in [2.45, 2.75) is 36.2 Å². The average Bonchev–Trinajstić information content (AvgIpc) is 3.26. The molecule has 182 valence electrons. The number of rotatable bonds is 6. The van der Waals surface area contributed by atoms with Crippen LogP contribution in [-0.4, -0.2) is 52.1 Å². The number of fused-ring (bicyclic) bond motifs is 3. The van der Waals surface area contributed by atoms with Gasteiger partial charge in [-0.05, 0) is 73.9 Å². The molecule has 2 aromatic carbocycles. The molecule has 1 N–H and O–H groups in total. The zero-order valence-corrected chi connectivity index (χ0v) is 21.5. The molecule has 0 aliphatic carbocycles. The number of benzene rings is 2. The van der Waals surface area contributed by atoms with Crippen molar-refractivity contribution in [3.63, 3.8) is 0 Å². The quantitative estimate of drug-likeness (QED) is 0.362. The number of carbonyl (C=O) groups excluding carboxylic acids is 1. The van der Waals surface area contributed by atoms with E-state index in [1.54, 1.807) is 24.3 Å². The van der Waals surface area contributed by atoms with Crippen molar-refractivity contribution in [2.24, 2.45) is 0 Å². The van der Waals surface area contributed by atoms with Gasteiger partial charge in [0.1, 0.15) is 0 Å². The van der Waals surface area contributed by atoms with Crippen LogP contribution in [0.3, 0.4) is 0 Å². The molecule has 3 heterocycles. The number of halogens is 1. The van der Waals surface area contributed by atoms with Gasteiger partial charge in [-0.3, -0.25) is 9.20 Å². The van der Waals surface area contributed by atoms with Crippen LogP contribution in [0.2, 0.25) is 5.02 Å². The summed E-state index contributed by atoms with van der Waals surface area (Å²) in [6.07, 6.45) is 2.83. The second-order valence-electron chi connectivity index (χ2n) is 8.49. The lowest BCUT2D eigenvalue weighted by Gasteiger charge is -2.25. The summed E-state index contributed by atoms with van der Waals surface area (Å²) < 4.78 is 29.1. The molecular formula is C24H24ClN5O3S2. The smallest absolute Gasteiger partial charge is 0.243 e. The molecule has 0 spiro atoms. The van der Waals surface area contributed by atoms with Gasteiger partial charge < -0.3 is 5.32 Å². The van der Waals surface area contributed by atoms with Crippen LogP contribution in [0.4, 0.5) is 5.69 Å². The molecule has 1 aliphatic heterocycles. The van der Waals surface area contributed by atoms with Gasteiger partial charge in [0.15, 0.2) is 10.8 Å². The van der Waals surface area contributed by atoms with Gasteiger partial charge in [0.05, 0.1) is 16.2 Å². The SMILES string of the molecule is Cc1cc2nnc(SCC(=O)Nc3ccc(S(=O)(=O)N4CCCCC4)cc3)n2c2ccc(Cl)cc12. The number of carbonyl (C=O) groups is 1. The molecule has 0 bridgehead atoms. The van der Waals surface area contributed by atoms with Crippen LogP contribution >= 0.6 is 23.4 Å². The normalized spacial score (nSPS) is 15.0. The summed E-state index contributed by atoms with van der Waals surface area (Å²) in [4.78, 5) is 12.8. The first-order chi connectivity index (χ1) is 16.8. The van der Waals surface area contributed by atoms with E-state index in [0.717, 1.165) is 35.7 Å². The molecule has 0 radical (unpaired) electrons. The van der Waals surface area contributed by atoms with E-state index < -0.39 is 10.0 Å². The molecule has 5 rings (SSSR count). The molecule has 0 saturated carbocycles. The Morgan fingerprint density at radius 1 is 1.06 bits per heavy atom. The van der Waals surface area contributed by atoms with Crippen LogP contribution < -0.4 is 5.32 Å². The molecule has 0 unspecified atom stereocenters. The molecule has 1 saturated heterocycles. The number of anilines is 1. The van der Waals surface area contributed by atoms with Gasteiger partial charge in [-0.2, -0.15) is 4.31 Å². The van der Waals surface area contributed by atoms with Crippen LogP contribution in [0.5, 0.6) is 0 Å². The number of amides is 1. The highest BCUT2D eigenvalue weighted by Crippen LogP contribution is 2.28. The standard InChI is InChI=1S/C24H24ClN5O3S2/c1-16-13-22-27-28-24(30(22)21-10-5-17(25)14-20(16)21)34-15-23(31)26-18-6-8-19(9-7-18)35(32,33)29-11-3-2-4-12-29/h5-10,13-14H,2-4,11-12,15H2,1H3,(H,26,31). The molecule has 2 aromatic heterocycles. The summed E-state index contributed by atoms with van der Waals surface area (Å²) in [7, 11) is -3.50. The Morgan fingerprint density at radius 2 is 1.80 bits per heavy atom. The number of aromatic nitrogens is 3. The summed E-state index contributed by atoms with van der Waals surface area (Å²) >= 11 is 7.45. The maximum Gasteiger partial charge on any atom is 0.243 e. The number of hydrogen-bond donors (Lipinski definition) is 1.